The van der Waals surface area contributed by atoms with E-state index in [1.807, 2.05) is 54.0 Å². The van der Waals surface area contributed by atoms with Crippen LogP contribution in [0.1, 0.15) is 28.8 Å². The summed E-state index contributed by atoms with van der Waals surface area (Å²) in [5.41, 5.74) is 2.48. The fourth-order valence-corrected chi connectivity index (χ4v) is 5.32. The lowest BCUT2D eigenvalue weighted by molar-refractivity contribution is -0.118. The molecule has 194 valence electrons. The normalized spacial score (nSPS) is 15.4. The van der Waals surface area contributed by atoms with Crippen molar-refractivity contribution in [2.45, 2.75) is 18.9 Å². The zero-order chi connectivity index (χ0) is 26.5. The molecule has 0 radical (unpaired) electrons. The number of carbonyl (C=O) groups is 2. The number of carbonyl (C=O) groups excluding carboxylic acids is 2. The van der Waals surface area contributed by atoms with Gasteiger partial charge in [-0.3, -0.25) is 9.59 Å². The van der Waals surface area contributed by atoms with Crippen molar-refractivity contribution >= 4 is 52.4 Å². The third kappa shape index (κ3) is 6.16. The number of hydrogen-bond donors (Lipinski definition) is 2. The molecule has 4 aromatic rings. The molecule has 3 heterocycles. The number of ether oxygens (including phenoxy) is 1. The smallest absolute Gasteiger partial charge is 0.267 e. The third-order valence-electron chi connectivity index (χ3n) is 6.00. The molecule has 1 atom stereocenters. The van der Waals surface area contributed by atoms with Crippen LogP contribution >= 0.6 is 34.5 Å². The van der Waals surface area contributed by atoms with E-state index in [4.69, 9.17) is 33.0 Å². The molecule has 0 saturated carbocycles. The highest BCUT2D eigenvalue weighted by molar-refractivity contribution is 7.13. The first-order valence-electron chi connectivity index (χ1n) is 12.0. The number of halogens is 2. The summed E-state index contributed by atoms with van der Waals surface area (Å²) >= 11 is 13.8. The van der Waals surface area contributed by atoms with Gasteiger partial charge in [-0.15, -0.1) is 11.3 Å². The summed E-state index contributed by atoms with van der Waals surface area (Å²) in [4.78, 5) is 27.5. The van der Waals surface area contributed by atoms with E-state index in [2.05, 4.69) is 10.6 Å². The number of nitrogens with one attached hydrogen (secondary N) is 2. The Balaban J connectivity index is 1.52. The van der Waals surface area contributed by atoms with Gasteiger partial charge in [0, 0.05) is 29.9 Å². The predicted octanol–water partition coefficient (Wildman–Crippen LogP) is 5.97. The number of para-hydroxylation sites is 1. The number of amides is 2. The van der Waals surface area contributed by atoms with Gasteiger partial charge in [-0.1, -0.05) is 47.5 Å². The molecular weight excluding hydrogens is 543 g/mol. The number of aromatic nitrogens is 2. The zero-order valence-electron chi connectivity index (χ0n) is 20.2. The number of thiophene rings is 1. The standard InChI is InChI=1S/C28H24Cl2N4O3S/c29-19-10-11-22(23(30)15-19)27(35)32-24(28(36)31-16-21-8-4-12-37-21)14-18-17-34(20-6-2-1-3-7-20)33-26(18)25-9-5-13-38-25/h1-3,5-7,9-11,13-15,17,21H,4,8,12,16H2,(H,31,36)(H,32,35). The molecule has 2 aromatic heterocycles. The van der Waals surface area contributed by atoms with Crippen LogP contribution in [0.25, 0.3) is 22.3 Å². The second-order valence-electron chi connectivity index (χ2n) is 8.67. The topological polar surface area (TPSA) is 85.2 Å². The Morgan fingerprint density at radius 2 is 1.97 bits per heavy atom. The van der Waals surface area contributed by atoms with Crippen molar-refractivity contribution in [3.05, 3.63) is 99.1 Å². The lowest BCUT2D eigenvalue weighted by atomic mass is 10.1. The Morgan fingerprint density at radius 3 is 2.68 bits per heavy atom. The van der Waals surface area contributed by atoms with Crippen molar-refractivity contribution < 1.29 is 14.3 Å². The molecule has 1 fully saturated rings. The molecule has 2 amide bonds. The maximum absolute atomic E-state index is 13.4. The van der Waals surface area contributed by atoms with Crippen LogP contribution in [0.4, 0.5) is 0 Å². The second-order valence-corrected chi connectivity index (χ2v) is 10.5. The van der Waals surface area contributed by atoms with Crippen LogP contribution in [-0.4, -0.2) is 40.9 Å². The van der Waals surface area contributed by atoms with Crippen molar-refractivity contribution in [1.29, 1.82) is 0 Å². The van der Waals surface area contributed by atoms with Gasteiger partial charge in [0.1, 0.15) is 11.4 Å². The quantitative estimate of drug-likeness (QED) is 0.257. The molecule has 7 nitrogen and oxygen atoms in total. The summed E-state index contributed by atoms with van der Waals surface area (Å²) < 4.78 is 7.39. The van der Waals surface area contributed by atoms with E-state index < -0.39 is 11.8 Å². The SMILES string of the molecule is O=C(NCC1CCCO1)C(=Cc1cn(-c2ccccc2)nc1-c1cccs1)NC(=O)c1ccc(Cl)cc1Cl. The summed E-state index contributed by atoms with van der Waals surface area (Å²) in [6.07, 6.45) is 5.24. The minimum Gasteiger partial charge on any atom is -0.376 e. The lowest BCUT2D eigenvalue weighted by Crippen LogP contribution is -2.38. The van der Waals surface area contributed by atoms with Crippen molar-refractivity contribution in [2.24, 2.45) is 0 Å². The highest BCUT2D eigenvalue weighted by Gasteiger charge is 2.22. The first kappa shape index (κ1) is 26.2. The van der Waals surface area contributed by atoms with Gasteiger partial charge >= 0.3 is 0 Å². The van der Waals surface area contributed by atoms with Crippen molar-refractivity contribution in [1.82, 2.24) is 20.4 Å². The minimum atomic E-state index is -0.529. The highest BCUT2D eigenvalue weighted by atomic mass is 35.5. The number of nitrogens with zero attached hydrogens (tertiary/aromatic N) is 2. The summed E-state index contributed by atoms with van der Waals surface area (Å²) in [5, 5.41) is 13.0. The summed E-state index contributed by atoms with van der Waals surface area (Å²) in [7, 11) is 0. The Bertz CT molecular complexity index is 1460. The fraction of sp³-hybridized carbons (Fsp3) is 0.179. The summed E-state index contributed by atoms with van der Waals surface area (Å²) in [5.74, 6) is -0.971. The summed E-state index contributed by atoms with van der Waals surface area (Å²) in [6, 6.07) is 18.1. The van der Waals surface area contributed by atoms with Gasteiger partial charge in [0.25, 0.3) is 11.8 Å². The molecule has 38 heavy (non-hydrogen) atoms. The van der Waals surface area contributed by atoms with Gasteiger partial charge in [0.15, 0.2) is 0 Å². The van der Waals surface area contributed by atoms with Crippen LogP contribution in [0.5, 0.6) is 0 Å². The molecule has 2 N–H and O–H groups in total. The molecule has 0 bridgehead atoms. The van der Waals surface area contributed by atoms with Crippen LogP contribution in [0.15, 0.2) is 77.9 Å². The average Bonchev–Trinajstić information content (AvgIpc) is 3.69. The van der Waals surface area contributed by atoms with Gasteiger partial charge in [-0.2, -0.15) is 5.10 Å². The van der Waals surface area contributed by atoms with E-state index >= 15 is 0 Å². The van der Waals surface area contributed by atoms with Gasteiger partial charge in [0.05, 0.1) is 27.3 Å². The maximum Gasteiger partial charge on any atom is 0.267 e. The molecule has 5 rings (SSSR count). The zero-order valence-corrected chi connectivity index (χ0v) is 22.5. The molecule has 1 aliphatic heterocycles. The second kappa shape index (κ2) is 12.0. The van der Waals surface area contributed by atoms with E-state index in [0.717, 1.165) is 23.4 Å². The van der Waals surface area contributed by atoms with Crippen LogP contribution in [0.2, 0.25) is 10.0 Å². The molecule has 1 saturated heterocycles. The Labute approximate surface area is 234 Å². The molecule has 0 spiro atoms. The monoisotopic (exact) mass is 566 g/mol. The molecule has 2 aromatic carbocycles. The van der Waals surface area contributed by atoms with E-state index in [0.29, 0.717) is 29.4 Å². The Hall–Kier alpha value is -3.43. The molecule has 0 aliphatic carbocycles. The van der Waals surface area contributed by atoms with Crippen molar-refractivity contribution in [3.63, 3.8) is 0 Å². The highest BCUT2D eigenvalue weighted by Crippen LogP contribution is 2.29. The van der Waals surface area contributed by atoms with E-state index in [9.17, 15) is 9.59 Å². The minimum absolute atomic E-state index is 0.0517. The van der Waals surface area contributed by atoms with E-state index in [1.165, 1.54) is 23.5 Å². The Kier molecular flexibility index (Phi) is 8.24. The lowest BCUT2D eigenvalue weighted by Gasteiger charge is -2.14. The van der Waals surface area contributed by atoms with E-state index in [1.54, 1.807) is 16.8 Å². The number of benzene rings is 2. The molecule has 1 aliphatic rings. The average molecular weight is 567 g/mol. The van der Waals surface area contributed by atoms with Crippen LogP contribution in [0.3, 0.4) is 0 Å². The number of rotatable bonds is 8. The van der Waals surface area contributed by atoms with Crippen LogP contribution < -0.4 is 10.6 Å². The van der Waals surface area contributed by atoms with Gasteiger partial charge in [-0.25, -0.2) is 4.68 Å². The van der Waals surface area contributed by atoms with Gasteiger partial charge in [0.2, 0.25) is 0 Å². The third-order valence-corrected chi connectivity index (χ3v) is 7.42. The largest absolute Gasteiger partial charge is 0.376 e. The maximum atomic E-state index is 13.4. The van der Waals surface area contributed by atoms with Crippen LogP contribution in [-0.2, 0) is 9.53 Å². The molecule has 1 unspecified atom stereocenters. The number of hydrogen-bond acceptors (Lipinski definition) is 5. The van der Waals surface area contributed by atoms with Crippen molar-refractivity contribution in [3.8, 4) is 16.3 Å². The first-order valence-corrected chi connectivity index (χ1v) is 13.7. The molecule has 10 heteroatoms. The van der Waals surface area contributed by atoms with Gasteiger partial charge in [-0.05, 0) is 60.7 Å². The molecular formula is C28H24Cl2N4O3S. The van der Waals surface area contributed by atoms with Crippen molar-refractivity contribution in [2.75, 3.05) is 13.2 Å². The van der Waals surface area contributed by atoms with Crippen LogP contribution in [0, 0.1) is 0 Å². The fourth-order valence-electron chi connectivity index (χ4n) is 4.09. The summed E-state index contributed by atoms with van der Waals surface area (Å²) in [6.45, 7) is 1.02. The first-order chi connectivity index (χ1) is 18.5. The van der Waals surface area contributed by atoms with Gasteiger partial charge < -0.3 is 15.4 Å². The Morgan fingerprint density at radius 1 is 1.13 bits per heavy atom. The van der Waals surface area contributed by atoms with E-state index in [-0.39, 0.29) is 22.4 Å². The predicted molar refractivity (Wildman–Crippen MR) is 151 cm³/mol.